The number of hydrogen-bond acceptors (Lipinski definition) is 4. The zero-order valence-corrected chi connectivity index (χ0v) is 18.0. The Morgan fingerprint density at radius 3 is 2.23 bits per heavy atom. The summed E-state index contributed by atoms with van der Waals surface area (Å²) in [6, 6.07) is 10.7. The van der Waals surface area contributed by atoms with Crippen LogP contribution in [0.1, 0.15) is 10.4 Å². The van der Waals surface area contributed by atoms with Crippen LogP contribution in [0, 0.1) is 5.82 Å². The molecule has 1 heterocycles. The molecule has 2 N–H and O–H groups in total. The molecule has 2 aromatic carbocycles. The van der Waals surface area contributed by atoms with E-state index in [0.717, 1.165) is 5.69 Å². The number of benzene rings is 2. The van der Waals surface area contributed by atoms with Crippen LogP contribution >= 0.6 is 23.2 Å². The Morgan fingerprint density at radius 2 is 1.58 bits per heavy atom. The molecule has 164 valence electrons. The lowest BCUT2D eigenvalue weighted by Crippen LogP contribution is -2.51. The van der Waals surface area contributed by atoms with Gasteiger partial charge in [0.2, 0.25) is 11.8 Å². The van der Waals surface area contributed by atoms with E-state index in [0.29, 0.717) is 31.2 Å². The summed E-state index contributed by atoms with van der Waals surface area (Å²) in [6.45, 7) is 1.78. The van der Waals surface area contributed by atoms with Gasteiger partial charge in [0.05, 0.1) is 23.7 Å². The molecule has 1 aliphatic heterocycles. The van der Waals surface area contributed by atoms with E-state index in [1.54, 1.807) is 17.0 Å². The Balaban J connectivity index is 1.39. The van der Waals surface area contributed by atoms with E-state index < -0.39 is 11.8 Å². The quantitative estimate of drug-likeness (QED) is 0.684. The van der Waals surface area contributed by atoms with Crippen molar-refractivity contribution in [3.05, 3.63) is 63.9 Å². The Kier molecular flexibility index (Phi) is 7.70. The lowest BCUT2D eigenvalue weighted by Gasteiger charge is -2.36. The lowest BCUT2D eigenvalue weighted by molar-refractivity contribution is -0.132. The number of rotatable bonds is 6. The summed E-state index contributed by atoms with van der Waals surface area (Å²) in [6.07, 6.45) is 0. The van der Waals surface area contributed by atoms with Gasteiger partial charge >= 0.3 is 0 Å². The van der Waals surface area contributed by atoms with Crippen LogP contribution in [0.25, 0.3) is 0 Å². The van der Waals surface area contributed by atoms with Gasteiger partial charge in [-0.3, -0.25) is 14.4 Å². The minimum absolute atomic E-state index is 0.160. The van der Waals surface area contributed by atoms with Gasteiger partial charge in [-0.25, -0.2) is 4.39 Å². The smallest absolute Gasteiger partial charge is 0.253 e. The van der Waals surface area contributed by atoms with Crippen molar-refractivity contribution < 1.29 is 18.8 Å². The van der Waals surface area contributed by atoms with Crippen molar-refractivity contribution in [1.29, 1.82) is 0 Å². The largest absolute Gasteiger partial charge is 0.368 e. The monoisotopic (exact) mass is 466 g/mol. The number of halogens is 3. The first kappa shape index (κ1) is 22.8. The molecule has 1 fully saturated rings. The van der Waals surface area contributed by atoms with Crippen LogP contribution in [0.15, 0.2) is 42.5 Å². The topological polar surface area (TPSA) is 81.8 Å². The first-order chi connectivity index (χ1) is 14.8. The van der Waals surface area contributed by atoms with Gasteiger partial charge in [-0.15, -0.1) is 0 Å². The summed E-state index contributed by atoms with van der Waals surface area (Å²) < 4.78 is 13.0. The fourth-order valence-corrected chi connectivity index (χ4v) is 3.64. The third-order valence-electron chi connectivity index (χ3n) is 4.85. The highest BCUT2D eigenvalue weighted by Gasteiger charge is 2.21. The zero-order chi connectivity index (χ0) is 22.4. The first-order valence-electron chi connectivity index (χ1n) is 9.62. The van der Waals surface area contributed by atoms with Gasteiger partial charge in [-0.05, 0) is 42.5 Å². The molecule has 2 aromatic rings. The predicted molar refractivity (Wildman–Crippen MR) is 117 cm³/mol. The number of amides is 3. The van der Waals surface area contributed by atoms with Crippen LogP contribution in [0.4, 0.5) is 10.1 Å². The molecular weight excluding hydrogens is 446 g/mol. The average Bonchev–Trinajstić information content (AvgIpc) is 2.76. The maximum absolute atomic E-state index is 13.0. The Morgan fingerprint density at radius 1 is 0.903 bits per heavy atom. The minimum atomic E-state index is -0.514. The number of piperazine rings is 1. The number of carbonyl (C=O) groups excluding carboxylic acids is 3. The third kappa shape index (κ3) is 6.32. The van der Waals surface area contributed by atoms with Crippen LogP contribution in [0.2, 0.25) is 10.0 Å². The first-order valence-corrected chi connectivity index (χ1v) is 10.4. The molecule has 0 aromatic heterocycles. The average molecular weight is 467 g/mol. The maximum atomic E-state index is 13.0. The van der Waals surface area contributed by atoms with Gasteiger partial charge in [0.25, 0.3) is 5.91 Å². The summed E-state index contributed by atoms with van der Waals surface area (Å²) >= 11 is 11.8. The van der Waals surface area contributed by atoms with Crippen molar-refractivity contribution in [2.45, 2.75) is 0 Å². The van der Waals surface area contributed by atoms with Gasteiger partial charge in [0.15, 0.2) is 0 Å². The molecule has 1 saturated heterocycles. The molecule has 0 atom stereocenters. The molecule has 1 aliphatic rings. The van der Waals surface area contributed by atoms with Crippen molar-refractivity contribution in [2.75, 3.05) is 44.2 Å². The highest BCUT2D eigenvalue weighted by Crippen LogP contribution is 2.20. The molecule has 0 unspecified atom stereocenters. The Labute approximate surface area is 189 Å². The van der Waals surface area contributed by atoms with Gasteiger partial charge in [0, 0.05) is 36.9 Å². The molecule has 0 aliphatic carbocycles. The van der Waals surface area contributed by atoms with Gasteiger partial charge < -0.3 is 20.4 Å². The number of hydrogen-bond donors (Lipinski definition) is 2. The molecule has 0 radical (unpaired) electrons. The highest BCUT2D eigenvalue weighted by atomic mass is 35.5. The molecule has 0 spiro atoms. The summed E-state index contributed by atoms with van der Waals surface area (Å²) in [5.41, 5.74) is 1.10. The second-order valence-electron chi connectivity index (χ2n) is 6.93. The number of nitrogens with zero attached hydrogens (tertiary/aromatic N) is 2. The van der Waals surface area contributed by atoms with Crippen LogP contribution in [0.5, 0.6) is 0 Å². The van der Waals surface area contributed by atoms with Crippen molar-refractivity contribution in [3.63, 3.8) is 0 Å². The van der Waals surface area contributed by atoms with Gasteiger partial charge in [0.1, 0.15) is 5.82 Å². The van der Waals surface area contributed by atoms with Gasteiger partial charge in [-0.1, -0.05) is 23.2 Å². The molecule has 3 rings (SSSR count). The van der Waals surface area contributed by atoms with Crippen LogP contribution in [0.3, 0.4) is 0 Å². The molecule has 0 bridgehead atoms. The number of carbonyl (C=O) groups is 3. The van der Waals surface area contributed by atoms with Gasteiger partial charge in [-0.2, -0.15) is 0 Å². The normalized spacial score (nSPS) is 13.6. The highest BCUT2D eigenvalue weighted by molar-refractivity contribution is 6.36. The van der Waals surface area contributed by atoms with E-state index in [4.69, 9.17) is 23.2 Å². The second-order valence-corrected chi connectivity index (χ2v) is 7.77. The van der Waals surface area contributed by atoms with Crippen molar-refractivity contribution in [1.82, 2.24) is 15.5 Å². The minimum Gasteiger partial charge on any atom is -0.368 e. The molecule has 3 amide bonds. The van der Waals surface area contributed by atoms with Crippen molar-refractivity contribution in [3.8, 4) is 0 Å². The molecular formula is C21H21Cl2FN4O3. The fraction of sp³-hybridized carbons (Fsp3) is 0.286. The van der Waals surface area contributed by atoms with E-state index in [2.05, 4.69) is 15.5 Å². The standard InChI is InChI=1S/C21H21Cl2FN4O3/c22-14-1-6-17(18(23)11-14)21(31)26-12-19(29)25-13-20(30)28-9-7-27(8-10-28)16-4-2-15(24)3-5-16/h1-6,11H,7-10,12-13H2,(H,25,29)(H,26,31). The van der Waals surface area contributed by atoms with Crippen LogP contribution < -0.4 is 15.5 Å². The summed E-state index contributed by atoms with van der Waals surface area (Å²) in [7, 11) is 0. The molecule has 0 saturated carbocycles. The van der Waals surface area contributed by atoms with E-state index in [-0.39, 0.29) is 35.4 Å². The van der Waals surface area contributed by atoms with Crippen molar-refractivity contribution >= 4 is 46.6 Å². The molecule has 31 heavy (non-hydrogen) atoms. The molecule has 10 heteroatoms. The van der Waals surface area contributed by atoms with E-state index in [1.165, 1.54) is 30.3 Å². The Hall–Kier alpha value is -2.84. The van der Waals surface area contributed by atoms with E-state index in [1.807, 2.05) is 0 Å². The lowest BCUT2D eigenvalue weighted by atomic mass is 10.2. The van der Waals surface area contributed by atoms with E-state index >= 15 is 0 Å². The summed E-state index contributed by atoms with van der Waals surface area (Å²) in [5.74, 6) is -1.50. The fourth-order valence-electron chi connectivity index (χ4n) is 3.14. The number of nitrogens with one attached hydrogen (secondary N) is 2. The SMILES string of the molecule is O=C(CNC(=O)c1ccc(Cl)cc1Cl)NCC(=O)N1CCN(c2ccc(F)cc2)CC1. The maximum Gasteiger partial charge on any atom is 0.253 e. The zero-order valence-electron chi connectivity index (χ0n) is 16.5. The van der Waals surface area contributed by atoms with E-state index in [9.17, 15) is 18.8 Å². The van der Waals surface area contributed by atoms with Crippen LogP contribution in [-0.4, -0.2) is 61.9 Å². The summed E-state index contributed by atoms with van der Waals surface area (Å²) in [4.78, 5) is 40.2. The second kappa shape index (κ2) is 10.5. The third-order valence-corrected chi connectivity index (χ3v) is 5.39. The Bertz CT molecular complexity index is 964. The number of anilines is 1. The van der Waals surface area contributed by atoms with Crippen molar-refractivity contribution in [2.24, 2.45) is 0 Å². The summed E-state index contributed by atoms with van der Waals surface area (Å²) in [5, 5.41) is 5.54. The van der Waals surface area contributed by atoms with Crippen LogP contribution in [-0.2, 0) is 9.59 Å². The predicted octanol–water partition coefficient (Wildman–Crippen LogP) is 2.33. The molecule has 7 nitrogen and oxygen atoms in total.